The molecule has 2 unspecified atom stereocenters. The number of piperidine rings is 1. The number of aromatic amines is 2. The van der Waals surface area contributed by atoms with Crippen molar-refractivity contribution >= 4 is 23.2 Å². The van der Waals surface area contributed by atoms with Crippen LogP contribution in [0.2, 0.25) is 0 Å². The fourth-order valence-electron chi connectivity index (χ4n) is 5.80. The van der Waals surface area contributed by atoms with E-state index in [-0.39, 0.29) is 35.5 Å². The van der Waals surface area contributed by atoms with Crippen LogP contribution in [0.3, 0.4) is 0 Å². The normalized spacial score (nSPS) is 19.5. The zero-order chi connectivity index (χ0) is 27.3. The maximum absolute atomic E-state index is 13.2. The number of nitrogens with zero attached hydrogens (tertiary/aromatic N) is 6. The van der Waals surface area contributed by atoms with Gasteiger partial charge in [-0.05, 0) is 45.7 Å². The van der Waals surface area contributed by atoms with Crippen LogP contribution in [-0.2, 0) is 0 Å². The third-order valence-electron chi connectivity index (χ3n) is 7.55. The molecule has 4 N–H and O–H groups in total. The molecule has 1 aliphatic rings. The lowest BCUT2D eigenvalue weighted by Gasteiger charge is -2.42. The third kappa shape index (κ3) is 4.15. The summed E-state index contributed by atoms with van der Waals surface area (Å²) in [7, 11) is 0. The number of H-pyrrole nitrogens is 2. The Bertz CT molecular complexity index is 1640. The molecule has 0 spiro atoms. The van der Waals surface area contributed by atoms with Crippen LogP contribution in [0.15, 0.2) is 55.4 Å². The van der Waals surface area contributed by atoms with Crippen molar-refractivity contribution in [2.45, 2.75) is 51.6 Å². The maximum atomic E-state index is 13.2. The molecule has 5 aromatic rings. The molecule has 11 heteroatoms. The van der Waals surface area contributed by atoms with Crippen molar-refractivity contribution in [3.8, 4) is 22.6 Å². The van der Waals surface area contributed by atoms with Gasteiger partial charge in [0.05, 0.1) is 23.0 Å². The van der Waals surface area contributed by atoms with E-state index in [2.05, 4.69) is 25.0 Å². The Morgan fingerprint density at radius 1 is 1.05 bits per heavy atom. The summed E-state index contributed by atoms with van der Waals surface area (Å²) in [6.45, 7) is 5.58. The average Bonchev–Trinajstić information content (AvgIpc) is 3.70. The zero-order valence-corrected chi connectivity index (χ0v) is 21.9. The van der Waals surface area contributed by atoms with E-state index in [0.29, 0.717) is 41.1 Å². The van der Waals surface area contributed by atoms with E-state index in [1.54, 1.807) is 43.2 Å². The SMILES string of the molecule is CC(=O)c1c(C2CC(C)N(C(=O)c3cc[nH]c3)[C@@H](C)C2)nc2c(-c3ccc(-c4ncc[nH]4)nc3)cnn2c1N. The number of nitrogens with one attached hydrogen (secondary N) is 2. The first-order valence-corrected chi connectivity index (χ1v) is 12.9. The minimum absolute atomic E-state index is 0.00649. The highest BCUT2D eigenvalue weighted by molar-refractivity contribution is 6.00. The molecule has 11 nitrogen and oxygen atoms in total. The molecule has 5 aromatic heterocycles. The second-order valence-electron chi connectivity index (χ2n) is 10.2. The minimum atomic E-state index is -0.162. The van der Waals surface area contributed by atoms with Gasteiger partial charge in [0.2, 0.25) is 0 Å². The first kappa shape index (κ1) is 24.5. The highest BCUT2D eigenvalue weighted by Crippen LogP contribution is 2.39. The van der Waals surface area contributed by atoms with E-state index in [9.17, 15) is 9.59 Å². The predicted molar refractivity (Wildman–Crippen MR) is 146 cm³/mol. The number of likely N-dealkylation sites (tertiary alicyclic amines) is 1. The Kier molecular flexibility index (Phi) is 5.97. The van der Waals surface area contributed by atoms with E-state index in [1.165, 1.54) is 11.4 Å². The second kappa shape index (κ2) is 9.50. The Balaban J connectivity index is 1.38. The summed E-state index contributed by atoms with van der Waals surface area (Å²) in [4.78, 5) is 47.8. The quantitative estimate of drug-likeness (QED) is 0.294. The van der Waals surface area contributed by atoms with Crippen LogP contribution in [0.1, 0.15) is 65.9 Å². The van der Waals surface area contributed by atoms with E-state index < -0.39 is 0 Å². The summed E-state index contributed by atoms with van der Waals surface area (Å²) in [5.74, 6) is 0.720. The van der Waals surface area contributed by atoms with Crippen LogP contribution in [0.5, 0.6) is 0 Å². The van der Waals surface area contributed by atoms with Crippen LogP contribution < -0.4 is 5.73 Å². The minimum Gasteiger partial charge on any atom is -0.383 e. The van der Waals surface area contributed by atoms with Crippen molar-refractivity contribution in [3.63, 3.8) is 0 Å². The maximum Gasteiger partial charge on any atom is 0.255 e. The molecule has 1 fully saturated rings. The largest absolute Gasteiger partial charge is 0.383 e. The number of carbonyl (C=O) groups is 2. The number of fused-ring (bicyclic) bond motifs is 1. The van der Waals surface area contributed by atoms with Gasteiger partial charge >= 0.3 is 0 Å². The monoisotopic (exact) mass is 523 g/mol. The number of nitrogens with two attached hydrogens (primary N) is 1. The molecule has 6 rings (SSSR count). The molecule has 6 heterocycles. The van der Waals surface area contributed by atoms with Crippen molar-refractivity contribution in [2.75, 3.05) is 5.73 Å². The standard InChI is InChI=1S/C28H29N9O2/c1-15-10-20(11-16(2)36(15)28(39)19-6-7-30-12-19)24-23(17(3)38)25(29)37-27(35-24)21(14-34-37)18-4-5-22(33-13-18)26-31-8-9-32-26/h4-9,12-16,20,30H,10-11,29H2,1-3H3,(H,31,32)/t15-,16?,20?/m0/s1. The number of pyridine rings is 1. The molecule has 3 atom stereocenters. The lowest BCUT2D eigenvalue weighted by atomic mass is 9.82. The highest BCUT2D eigenvalue weighted by Gasteiger charge is 2.38. The van der Waals surface area contributed by atoms with Gasteiger partial charge in [0.1, 0.15) is 11.5 Å². The highest BCUT2D eigenvalue weighted by atomic mass is 16.2. The second-order valence-corrected chi connectivity index (χ2v) is 10.2. The smallest absolute Gasteiger partial charge is 0.255 e. The molecule has 0 radical (unpaired) electrons. The average molecular weight is 524 g/mol. The molecule has 1 saturated heterocycles. The third-order valence-corrected chi connectivity index (χ3v) is 7.55. The topological polar surface area (TPSA) is 151 Å². The fraction of sp³-hybridized carbons (Fsp3) is 0.286. The van der Waals surface area contributed by atoms with Gasteiger partial charge in [-0.2, -0.15) is 9.61 Å². The van der Waals surface area contributed by atoms with Gasteiger partial charge in [0.15, 0.2) is 17.3 Å². The van der Waals surface area contributed by atoms with Gasteiger partial charge in [0, 0.05) is 60.1 Å². The summed E-state index contributed by atoms with van der Waals surface area (Å²) >= 11 is 0. The molecular weight excluding hydrogens is 494 g/mol. The Labute approximate surface area is 224 Å². The number of Topliss-reactive ketones (excluding diaryl/α,β-unsaturated/α-hetero) is 1. The lowest BCUT2D eigenvalue weighted by Crippen LogP contribution is -2.49. The summed E-state index contributed by atoms with van der Waals surface area (Å²) in [6.07, 6.45) is 11.7. The Morgan fingerprint density at radius 3 is 2.46 bits per heavy atom. The van der Waals surface area contributed by atoms with Gasteiger partial charge in [0.25, 0.3) is 5.91 Å². The Morgan fingerprint density at radius 2 is 1.85 bits per heavy atom. The van der Waals surface area contributed by atoms with Crippen molar-refractivity contribution in [3.05, 3.63) is 72.2 Å². The zero-order valence-electron chi connectivity index (χ0n) is 21.9. The fourth-order valence-corrected chi connectivity index (χ4v) is 5.80. The summed E-state index contributed by atoms with van der Waals surface area (Å²) < 4.78 is 1.52. The van der Waals surface area contributed by atoms with Crippen LogP contribution in [0.25, 0.3) is 28.3 Å². The van der Waals surface area contributed by atoms with E-state index >= 15 is 0 Å². The first-order chi connectivity index (χ1) is 18.8. The molecule has 39 heavy (non-hydrogen) atoms. The van der Waals surface area contributed by atoms with Crippen molar-refractivity contribution in [1.82, 2.24) is 39.4 Å². The van der Waals surface area contributed by atoms with Gasteiger partial charge in [-0.1, -0.05) is 6.07 Å². The lowest BCUT2D eigenvalue weighted by molar-refractivity contribution is 0.0475. The summed E-state index contributed by atoms with van der Waals surface area (Å²) in [5.41, 5.74) is 11.1. The Hall–Kier alpha value is -4.80. The number of aromatic nitrogens is 7. The number of nitrogen functional groups attached to an aromatic ring is 1. The van der Waals surface area contributed by atoms with E-state index in [0.717, 1.165) is 16.8 Å². The summed E-state index contributed by atoms with van der Waals surface area (Å²) in [5, 5.41) is 4.46. The van der Waals surface area contributed by atoms with E-state index in [4.69, 9.17) is 10.7 Å². The van der Waals surface area contributed by atoms with E-state index in [1.807, 2.05) is 30.9 Å². The number of carbonyl (C=O) groups excluding carboxylic acids is 2. The van der Waals surface area contributed by atoms with Crippen LogP contribution in [0, 0.1) is 0 Å². The van der Waals surface area contributed by atoms with Gasteiger partial charge in [-0.3, -0.25) is 14.6 Å². The first-order valence-electron chi connectivity index (χ1n) is 12.9. The van der Waals surface area contributed by atoms with Crippen molar-refractivity contribution < 1.29 is 9.59 Å². The molecule has 0 bridgehead atoms. The number of ketones is 1. The molecule has 0 aliphatic carbocycles. The molecular formula is C28H29N9O2. The number of imidazole rings is 1. The molecule has 1 amide bonds. The van der Waals surface area contributed by atoms with Crippen LogP contribution >= 0.6 is 0 Å². The summed E-state index contributed by atoms with van der Waals surface area (Å²) in [6, 6.07) is 5.50. The molecule has 0 aromatic carbocycles. The number of rotatable bonds is 5. The van der Waals surface area contributed by atoms with Crippen LogP contribution in [-0.4, -0.2) is 63.2 Å². The number of hydrogen-bond donors (Lipinski definition) is 3. The molecule has 0 saturated carbocycles. The molecule has 1 aliphatic heterocycles. The predicted octanol–water partition coefficient (Wildman–Crippen LogP) is 4.09. The molecule has 198 valence electrons. The van der Waals surface area contributed by atoms with Gasteiger partial charge in [-0.25, -0.2) is 9.97 Å². The van der Waals surface area contributed by atoms with Gasteiger partial charge in [-0.15, -0.1) is 0 Å². The van der Waals surface area contributed by atoms with Crippen molar-refractivity contribution in [1.29, 1.82) is 0 Å². The number of amides is 1. The van der Waals surface area contributed by atoms with Crippen LogP contribution in [0.4, 0.5) is 5.82 Å². The number of anilines is 1. The van der Waals surface area contributed by atoms with Gasteiger partial charge < -0.3 is 20.6 Å². The number of hydrogen-bond acceptors (Lipinski definition) is 7. The van der Waals surface area contributed by atoms with Crippen molar-refractivity contribution in [2.24, 2.45) is 0 Å².